The molecule has 19 heavy (non-hydrogen) atoms. The number of carbonyl (C=O) groups excluding carboxylic acids is 1. The van der Waals surface area contributed by atoms with Gasteiger partial charge in [0.15, 0.2) is 0 Å². The van der Waals surface area contributed by atoms with Crippen molar-refractivity contribution in [1.82, 2.24) is 10.0 Å². The lowest BCUT2D eigenvalue weighted by atomic mass is 10.1. The van der Waals surface area contributed by atoms with Gasteiger partial charge in [0.2, 0.25) is 0 Å². The highest BCUT2D eigenvalue weighted by Crippen LogP contribution is 2.16. The molecular weight excluding hydrogens is 273 g/mol. The van der Waals surface area contributed by atoms with Crippen LogP contribution >= 0.6 is 0 Å². The number of nitrogen functional groups attached to an aromatic ring is 1. The molecule has 0 aliphatic heterocycles. The van der Waals surface area contributed by atoms with E-state index in [1.807, 2.05) is 0 Å². The highest BCUT2D eigenvalue weighted by atomic mass is 32.2. The number of hydrogen-bond acceptors (Lipinski definition) is 4. The minimum absolute atomic E-state index is 0.0931. The summed E-state index contributed by atoms with van der Waals surface area (Å²) in [7, 11) is -4.27. The number of nitrogens with two attached hydrogens (primary N) is 1. The number of rotatable bonds is 2. The number of benzene rings is 1. The maximum atomic E-state index is 13.5. The molecule has 0 radical (unpaired) electrons. The van der Waals surface area contributed by atoms with Crippen LogP contribution in [0.5, 0.6) is 0 Å². The predicted octanol–water partition coefficient (Wildman–Crippen LogP) is 1.19. The zero-order valence-electron chi connectivity index (χ0n) is 10.8. The molecule has 0 bridgehead atoms. The van der Waals surface area contributed by atoms with E-state index in [0.717, 1.165) is 12.1 Å². The molecule has 0 spiro atoms. The second-order valence-electron chi connectivity index (χ2n) is 5.00. The van der Waals surface area contributed by atoms with Crippen LogP contribution in [0.2, 0.25) is 0 Å². The Bertz CT molecular complexity index is 594. The van der Waals surface area contributed by atoms with Gasteiger partial charge in [-0.2, -0.15) is 0 Å². The van der Waals surface area contributed by atoms with Crippen LogP contribution in [0.3, 0.4) is 0 Å². The van der Waals surface area contributed by atoms with Crippen molar-refractivity contribution in [3.8, 4) is 0 Å². The number of halogens is 1. The zero-order chi connectivity index (χ0) is 14.8. The van der Waals surface area contributed by atoms with Crippen LogP contribution in [0.15, 0.2) is 23.1 Å². The fourth-order valence-corrected chi connectivity index (χ4v) is 2.25. The molecule has 0 aromatic heterocycles. The fourth-order valence-electron chi connectivity index (χ4n) is 1.28. The lowest BCUT2D eigenvalue weighted by Crippen LogP contribution is -2.48. The summed E-state index contributed by atoms with van der Waals surface area (Å²) in [6, 6.07) is 2.18. The van der Waals surface area contributed by atoms with E-state index < -0.39 is 32.3 Å². The summed E-state index contributed by atoms with van der Waals surface area (Å²) in [6.45, 7) is 5.05. The van der Waals surface area contributed by atoms with Crippen LogP contribution in [0, 0.1) is 5.82 Å². The van der Waals surface area contributed by atoms with Crippen molar-refractivity contribution in [3.63, 3.8) is 0 Å². The van der Waals surface area contributed by atoms with Crippen molar-refractivity contribution in [3.05, 3.63) is 24.0 Å². The molecule has 0 fully saturated rings. The fraction of sp³-hybridized carbons (Fsp3) is 0.364. The van der Waals surface area contributed by atoms with Gasteiger partial charge in [0, 0.05) is 11.2 Å². The first-order chi connectivity index (χ1) is 8.51. The Balaban J connectivity index is 2.96. The Hall–Kier alpha value is -1.83. The lowest BCUT2D eigenvalue weighted by Gasteiger charge is -2.20. The Morgan fingerprint density at radius 3 is 2.37 bits per heavy atom. The number of urea groups is 1. The largest absolute Gasteiger partial charge is 0.399 e. The summed E-state index contributed by atoms with van der Waals surface area (Å²) >= 11 is 0. The van der Waals surface area contributed by atoms with E-state index in [4.69, 9.17) is 5.73 Å². The highest BCUT2D eigenvalue weighted by molar-refractivity contribution is 7.90. The summed E-state index contributed by atoms with van der Waals surface area (Å²) in [6.07, 6.45) is 0. The first-order valence-corrected chi connectivity index (χ1v) is 6.89. The Morgan fingerprint density at radius 1 is 1.32 bits per heavy atom. The SMILES string of the molecule is CC(C)(C)NC(=O)NS(=O)(=O)c1ccc(N)cc1F. The highest BCUT2D eigenvalue weighted by Gasteiger charge is 2.23. The van der Waals surface area contributed by atoms with Crippen molar-refractivity contribution in [1.29, 1.82) is 0 Å². The van der Waals surface area contributed by atoms with E-state index >= 15 is 0 Å². The number of sulfonamides is 1. The zero-order valence-corrected chi connectivity index (χ0v) is 11.6. The third-order valence-corrected chi connectivity index (χ3v) is 3.33. The average molecular weight is 289 g/mol. The maximum Gasteiger partial charge on any atom is 0.329 e. The monoisotopic (exact) mass is 289 g/mol. The number of anilines is 1. The van der Waals surface area contributed by atoms with Gasteiger partial charge in [-0.3, -0.25) is 0 Å². The van der Waals surface area contributed by atoms with E-state index in [1.165, 1.54) is 6.07 Å². The molecular formula is C11H16FN3O3S. The van der Waals surface area contributed by atoms with Crippen molar-refractivity contribution < 1.29 is 17.6 Å². The van der Waals surface area contributed by atoms with Crippen LogP contribution in [-0.4, -0.2) is 20.0 Å². The molecule has 2 amide bonds. The molecule has 0 aliphatic rings. The van der Waals surface area contributed by atoms with E-state index in [9.17, 15) is 17.6 Å². The van der Waals surface area contributed by atoms with Gasteiger partial charge in [-0.05, 0) is 39.0 Å². The van der Waals surface area contributed by atoms with Crippen molar-refractivity contribution >= 4 is 21.7 Å². The molecule has 8 heteroatoms. The molecule has 0 saturated heterocycles. The normalized spacial score (nSPS) is 12.0. The van der Waals surface area contributed by atoms with E-state index in [2.05, 4.69) is 5.32 Å². The molecule has 0 unspecified atom stereocenters. The number of amides is 2. The minimum atomic E-state index is -4.27. The number of carbonyl (C=O) groups is 1. The number of hydrogen-bond donors (Lipinski definition) is 3. The van der Waals surface area contributed by atoms with Gasteiger partial charge in [-0.25, -0.2) is 22.3 Å². The first-order valence-electron chi connectivity index (χ1n) is 5.41. The Morgan fingerprint density at radius 2 is 1.89 bits per heavy atom. The van der Waals surface area contributed by atoms with E-state index in [1.54, 1.807) is 25.5 Å². The third kappa shape index (κ3) is 4.40. The first kappa shape index (κ1) is 15.2. The van der Waals surface area contributed by atoms with Crippen molar-refractivity contribution in [2.24, 2.45) is 0 Å². The maximum absolute atomic E-state index is 13.5. The molecule has 4 N–H and O–H groups in total. The summed E-state index contributed by atoms with van der Waals surface area (Å²) in [5, 5.41) is 2.40. The number of nitrogens with one attached hydrogen (secondary N) is 2. The lowest BCUT2D eigenvalue weighted by molar-refractivity contribution is 0.237. The van der Waals surface area contributed by atoms with Gasteiger partial charge in [-0.15, -0.1) is 0 Å². The topological polar surface area (TPSA) is 101 Å². The molecule has 1 rings (SSSR count). The average Bonchev–Trinajstić information content (AvgIpc) is 2.11. The van der Waals surface area contributed by atoms with Crippen LogP contribution in [-0.2, 0) is 10.0 Å². The van der Waals surface area contributed by atoms with Gasteiger partial charge < -0.3 is 11.1 Å². The second-order valence-corrected chi connectivity index (χ2v) is 6.65. The van der Waals surface area contributed by atoms with Gasteiger partial charge in [-0.1, -0.05) is 0 Å². The molecule has 0 saturated carbocycles. The van der Waals surface area contributed by atoms with Gasteiger partial charge in [0.05, 0.1) is 0 Å². The summed E-state index contributed by atoms with van der Waals surface area (Å²) in [5.74, 6) is -1.02. The van der Waals surface area contributed by atoms with E-state index in [0.29, 0.717) is 0 Å². The van der Waals surface area contributed by atoms with Gasteiger partial charge in [0.1, 0.15) is 10.7 Å². The molecule has 1 aromatic rings. The quantitative estimate of drug-likeness (QED) is 0.712. The Kier molecular flexibility index (Phi) is 4.04. The molecule has 0 atom stereocenters. The van der Waals surface area contributed by atoms with Gasteiger partial charge >= 0.3 is 6.03 Å². The molecule has 1 aromatic carbocycles. The third-order valence-electron chi connectivity index (χ3n) is 1.96. The van der Waals surface area contributed by atoms with Crippen LogP contribution in [0.25, 0.3) is 0 Å². The minimum Gasteiger partial charge on any atom is -0.399 e. The van der Waals surface area contributed by atoms with Gasteiger partial charge in [0.25, 0.3) is 10.0 Å². The molecule has 6 nitrogen and oxygen atoms in total. The summed E-state index contributed by atoms with van der Waals surface area (Å²) in [5.41, 5.74) is 4.80. The molecule has 106 valence electrons. The van der Waals surface area contributed by atoms with Crippen LogP contribution in [0.4, 0.5) is 14.9 Å². The second kappa shape index (κ2) is 5.04. The van der Waals surface area contributed by atoms with E-state index in [-0.39, 0.29) is 5.69 Å². The Labute approximate surface area is 111 Å². The molecule has 0 aliphatic carbocycles. The van der Waals surface area contributed by atoms with Crippen LogP contribution < -0.4 is 15.8 Å². The van der Waals surface area contributed by atoms with Crippen molar-refractivity contribution in [2.75, 3.05) is 5.73 Å². The standard InChI is InChI=1S/C11H16FN3O3S/c1-11(2,3)14-10(16)15-19(17,18)9-5-4-7(13)6-8(9)12/h4-6H,13H2,1-3H3,(H2,14,15,16). The molecule has 0 heterocycles. The smallest absolute Gasteiger partial charge is 0.329 e. The van der Waals surface area contributed by atoms with Crippen LogP contribution in [0.1, 0.15) is 20.8 Å². The summed E-state index contributed by atoms with van der Waals surface area (Å²) in [4.78, 5) is 10.8. The summed E-state index contributed by atoms with van der Waals surface area (Å²) < 4.78 is 38.8. The predicted molar refractivity (Wildman–Crippen MR) is 69.4 cm³/mol. The van der Waals surface area contributed by atoms with Crippen molar-refractivity contribution in [2.45, 2.75) is 31.2 Å².